The molecule has 0 atom stereocenters. The smallest absolute Gasteiger partial charge is 0.269 e. The average Bonchev–Trinajstić information content (AvgIpc) is 2.98. The molecule has 0 saturated heterocycles. The van der Waals surface area contributed by atoms with Gasteiger partial charge >= 0.3 is 0 Å². The van der Waals surface area contributed by atoms with E-state index in [9.17, 15) is 10.1 Å². The van der Waals surface area contributed by atoms with E-state index in [1.165, 1.54) is 12.1 Å². The molecular formula is C15H10ClN3O3. The van der Waals surface area contributed by atoms with Gasteiger partial charge < -0.3 is 4.52 Å². The van der Waals surface area contributed by atoms with Crippen molar-refractivity contribution in [3.63, 3.8) is 0 Å². The average molecular weight is 316 g/mol. The van der Waals surface area contributed by atoms with E-state index in [2.05, 4.69) is 10.1 Å². The summed E-state index contributed by atoms with van der Waals surface area (Å²) in [6.45, 7) is 0. The van der Waals surface area contributed by atoms with Gasteiger partial charge in [-0.3, -0.25) is 10.1 Å². The van der Waals surface area contributed by atoms with Gasteiger partial charge in [-0.1, -0.05) is 35.0 Å². The van der Waals surface area contributed by atoms with Gasteiger partial charge in [0.2, 0.25) is 0 Å². The van der Waals surface area contributed by atoms with Crippen molar-refractivity contribution in [1.82, 2.24) is 10.1 Å². The Morgan fingerprint density at radius 3 is 2.55 bits per heavy atom. The molecule has 0 N–H and O–H groups in total. The highest BCUT2D eigenvalue weighted by atomic mass is 35.5. The number of benzene rings is 2. The summed E-state index contributed by atoms with van der Waals surface area (Å²) in [6.07, 6.45) is 0.455. The predicted octanol–water partition coefficient (Wildman–Crippen LogP) is 3.89. The fourth-order valence-electron chi connectivity index (χ4n) is 1.98. The van der Waals surface area contributed by atoms with E-state index in [0.717, 1.165) is 5.56 Å². The molecule has 0 aliphatic heterocycles. The van der Waals surface area contributed by atoms with Crippen LogP contribution in [0, 0.1) is 10.1 Å². The third kappa shape index (κ3) is 2.96. The second kappa shape index (κ2) is 5.95. The summed E-state index contributed by atoms with van der Waals surface area (Å²) in [5.74, 6) is 0.818. The van der Waals surface area contributed by atoms with E-state index in [-0.39, 0.29) is 5.69 Å². The van der Waals surface area contributed by atoms with Crippen LogP contribution >= 0.6 is 11.6 Å². The summed E-state index contributed by atoms with van der Waals surface area (Å²) in [4.78, 5) is 14.5. The van der Waals surface area contributed by atoms with Crippen LogP contribution in [-0.4, -0.2) is 15.1 Å². The Bertz CT molecular complexity index is 815. The van der Waals surface area contributed by atoms with Crippen molar-refractivity contribution in [2.75, 3.05) is 0 Å². The third-order valence-corrected chi connectivity index (χ3v) is 3.47. The monoisotopic (exact) mass is 315 g/mol. The Morgan fingerprint density at radius 1 is 1.14 bits per heavy atom. The van der Waals surface area contributed by atoms with Crippen molar-refractivity contribution in [2.45, 2.75) is 6.42 Å². The molecule has 0 aliphatic carbocycles. The van der Waals surface area contributed by atoms with Gasteiger partial charge in [-0.2, -0.15) is 4.98 Å². The molecule has 0 saturated carbocycles. The molecule has 3 aromatic rings. The largest absolute Gasteiger partial charge is 0.334 e. The summed E-state index contributed by atoms with van der Waals surface area (Å²) >= 11 is 6.10. The molecule has 0 bridgehead atoms. The van der Waals surface area contributed by atoms with E-state index >= 15 is 0 Å². The lowest BCUT2D eigenvalue weighted by atomic mass is 10.1. The minimum Gasteiger partial charge on any atom is -0.334 e. The maximum absolute atomic E-state index is 10.6. The molecule has 0 aliphatic rings. The number of hydrogen-bond donors (Lipinski definition) is 0. The van der Waals surface area contributed by atoms with Crippen LogP contribution < -0.4 is 0 Å². The lowest BCUT2D eigenvalue weighted by Gasteiger charge is -1.98. The Labute approximate surface area is 130 Å². The first kappa shape index (κ1) is 14.2. The molecular weight excluding hydrogens is 306 g/mol. The number of hydrogen-bond acceptors (Lipinski definition) is 5. The lowest BCUT2D eigenvalue weighted by molar-refractivity contribution is -0.384. The lowest BCUT2D eigenvalue weighted by Crippen LogP contribution is -1.91. The van der Waals surface area contributed by atoms with Gasteiger partial charge in [-0.25, -0.2) is 0 Å². The minimum atomic E-state index is -0.458. The maximum atomic E-state index is 10.6. The van der Waals surface area contributed by atoms with Crippen molar-refractivity contribution in [3.8, 4) is 11.5 Å². The normalized spacial score (nSPS) is 10.6. The molecule has 1 heterocycles. The Hall–Kier alpha value is -2.73. The highest BCUT2D eigenvalue weighted by Crippen LogP contribution is 2.22. The van der Waals surface area contributed by atoms with Crippen molar-refractivity contribution < 1.29 is 9.45 Å². The number of halogens is 1. The summed E-state index contributed by atoms with van der Waals surface area (Å²) < 4.78 is 5.19. The maximum Gasteiger partial charge on any atom is 0.269 e. The quantitative estimate of drug-likeness (QED) is 0.539. The highest BCUT2D eigenvalue weighted by molar-refractivity contribution is 6.31. The zero-order valence-electron chi connectivity index (χ0n) is 11.3. The topological polar surface area (TPSA) is 82.1 Å². The van der Waals surface area contributed by atoms with E-state index < -0.39 is 4.92 Å². The second-order valence-corrected chi connectivity index (χ2v) is 5.00. The van der Waals surface area contributed by atoms with Gasteiger partial charge in [0.05, 0.1) is 4.92 Å². The molecule has 22 heavy (non-hydrogen) atoms. The van der Waals surface area contributed by atoms with Gasteiger partial charge in [-0.15, -0.1) is 0 Å². The van der Waals surface area contributed by atoms with Crippen LogP contribution in [0.4, 0.5) is 5.69 Å². The standard InChI is InChI=1S/C15H10ClN3O3/c16-13-4-2-1-3-11(13)9-14-17-15(22-18-14)10-5-7-12(8-6-10)19(20)21/h1-8H,9H2. The second-order valence-electron chi connectivity index (χ2n) is 4.59. The van der Waals surface area contributed by atoms with Crippen molar-refractivity contribution >= 4 is 17.3 Å². The molecule has 6 nitrogen and oxygen atoms in total. The van der Waals surface area contributed by atoms with E-state index in [0.29, 0.717) is 28.7 Å². The van der Waals surface area contributed by atoms with Crippen LogP contribution in [0.3, 0.4) is 0 Å². The third-order valence-electron chi connectivity index (χ3n) is 3.10. The van der Waals surface area contributed by atoms with Crippen molar-refractivity contribution in [1.29, 1.82) is 0 Å². The zero-order chi connectivity index (χ0) is 15.5. The molecule has 3 rings (SSSR count). The number of non-ortho nitro benzene ring substituents is 1. The number of nitro benzene ring substituents is 1. The van der Waals surface area contributed by atoms with Gasteiger partial charge in [-0.05, 0) is 23.8 Å². The molecule has 1 aromatic heterocycles. The van der Waals surface area contributed by atoms with Crippen LogP contribution in [0.5, 0.6) is 0 Å². The van der Waals surface area contributed by atoms with Crippen LogP contribution in [0.25, 0.3) is 11.5 Å². The van der Waals surface area contributed by atoms with Gasteiger partial charge in [0, 0.05) is 29.1 Å². The minimum absolute atomic E-state index is 0.0135. The van der Waals surface area contributed by atoms with Gasteiger partial charge in [0.25, 0.3) is 11.6 Å². The number of rotatable bonds is 4. The zero-order valence-corrected chi connectivity index (χ0v) is 12.0. The molecule has 110 valence electrons. The summed E-state index contributed by atoms with van der Waals surface area (Å²) in [6, 6.07) is 13.4. The van der Waals surface area contributed by atoms with Crippen LogP contribution in [0.1, 0.15) is 11.4 Å². The number of nitro groups is 1. The fraction of sp³-hybridized carbons (Fsp3) is 0.0667. The number of aromatic nitrogens is 2. The molecule has 7 heteroatoms. The summed E-state index contributed by atoms with van der Waals surface area (Å²) in [5.41, 5.74) is 1.54. The summed E-state index contributed by atoms with van der Waals surface area (Å²) in [7, 11) is 0. The molecule has 0 amide bonds. The molecule has 0 radical (unpaired) electrons. The Kier molecular flexibility index (Phi) is 3.84. The number of nitrogens with zero attached hydrogens (tertiary/aromatic N) is 3. The van der Waals surface area contributed by atoms with Crippen LogP contribution in [0.15, 0.2) is 53.1 Å². The van der Waals surface area contributed by atoms with E-state index in [1.807, 2.05) is 18.2 Å². The Balaban J connectivity index is 1.81. The van der Waals surface area contributed by atoms with Gasteiger partial charge in [0.15, 0.2) is 5.82 Å². The Morgan fingerprint density at radius 2 is 1.86 bits per heavy atom. The first-order valence-electron chi connectivity index (χ1n) is 6.44. The SMILES string of the molecule is O=[N+]([O-])c1ccc(-c2nc(Cc3ccccc3Cl)no2)cc1. The molecule has 0 fully saturated rings. The van der Waals surface area contributed by atoms with Crippen LogP contribution in [0.2, 0.25) is 5.02 Å². The van der Waals surface area contributed by atoms with Crippen molar-refractivity contribution in [3.05, 3.63) is 75.1 Å². The predicted molar refractivity (Wildman–Crippen MR) is 80.6 cm³/mol. The fourth-order valence-corrected chi connectivity index (χ4v) is 2.18. The molecule has 0 spiro atoms. The van der Waals surface area contributed by atoms with Crippen molar-refractivity contribution in [2.24, 2.45) is 0 Å². The first-order chi connectivity index (χ1) is 10.6. The van der Waals surface area contributed by atoms with E-state index in [4.69, 9.17) is 16.1 Å². The highest BCUT2D eigenvalue weighted by Gasteiger charge is 2.12. The summed E-state index contributed by atoms with van der Waals surface area (Å²) in [5, 5.41) is 15.2. The van der Waals surface area contributed by atoms with Crippen LogP contribution in [-0.2, 0) is 6.42 Å². The van der Waals surface area contributed by atoms with E-state index in [1.54, 1.807) is 18.2 Å². The molecule has 2 aromatic carbocycles. The van der Waals surface area contributed by atoms with Gasteiger partial charge in [0.1, 0.15) is 0 Å². The first-order valence-corrected chi connectivity index (χ1v) is 6.82. The molecule has 0 unspecified atom stereocenters.